The minimum Gasteiger partial charge on any atom is -0.391 e. The Balaban J connectivity index is 2.37. The van der Waals surface area contributed by atoms with Crippen molar-refractivity contribution in [3.63, 3.8) is 0 Å². The molecular formula is C14H16N2O2S. The first-order valence-electron chi connectivity index (χ1n) is 6.20. The van der Waals surface area contributed by atoms with E-state index >= 15 is 0 Å². The molecule has 2 rings (SSSR count). The van der Waals surface area contributed by atoms with Gasteiger partial charge in [0.2, 0.25) is 11.8 Å². The van der Waals surface area contributed by atoms with Gasteiger partial charge in [-0.25, -0.2) is 0 Å². The fourth-order valence-electron chi connectivity index (χ4n) is 2.37. The van der Waals surface area contributed by atoms with Crippen LogP contribution in [-0.4, -0.2) is 21.7 Å². The summed E-state index contributed by atoms with van der Waals surface area (Å²) in [6.07, 6.45) is 0.718. The highest BCUT2D eigenvalue weighted by Gasteiger charge is 2.37. The Morgan fingerprint density at radius 1 is 1.26 bits per heavy atom. The third-order valence-corrected chi connectivity index (χ3v) is 3.45. The molecule has 1 aliphatic heterocycles. The lowest BCUT2D eigenvalue weighted by atomic mass is 9.94. The van der Waals surface area contributed by atoms with E-state index in [-0.39, 0.29) is 22.7 Å². The number of nitrogens with zero attached hydrogens (tertiary/aromatic N) is 1. The molecule has 19 heavy (non-hydrogen) atoms. The molecule has 0 bridgehead atoms. The number of imide groups is 1. The van der Waals surface area contributed by atoms with Crippen molar-refractivity contribution in [3.8, 4) is 0 Å². The summed E-state index contributed by atoms with van der Waals surface area (Å²) in [5, 5.41) is 0. The van der Waals surface area contributed by atoms with Crippen molar-refractivity contribution in [3.05, 3.63) is 35.9 Å². The van der Waals surface area contributed by atoms with Gasteiger partial charge in [0.25, 0.3) is 0 Å². The van der Waals surface area contributed by atoms with Gasteiger partial charge in [-0.05, 0) is 11.5 Å². The van der Waals surface area contributed by atoms with Crippen molar-refractivity contribution in [1.29, 1.82) is 0 Å². The van der Waals surface area contributed by atoms with Gasteiger partial charge in [0.1, 0.15) is 11.0 Å². The number of thiocarbonyl (C=S) groups is 1. The third-order valence-electron chi connectivity index (χ3n) is 3.23. The maximum atomic E-state index is 12.1. The van der Waals surface area contributed by atoms with Crippen molar-refractivity contribution >= 4 is 29.0 Å². The zero-order valence-electron chi connectivity index (χ0n) is 10.7. The van der Waals surface area contributed by atoms with Gasteiger partial charge >= 0.3 is 0 Å². The highest BCUT2D eigenvalue weighted by Crippen LogP contribution is 2.28. The number of carbonyl (C=O) groups is 2. The van der Waals surface area contributed by atoms with Crippen molar-refractivity contribution in [2.24, 2.45) is 11.7 Å². The number of rotatable bonds is 3. The summed E-state index contributed by atoms with van der Waals surface area (Å²) in [6.45, 7) is 1.89. The summed E-state index contributed by atoms with van der Waals surface area (Å²) in [5.74, 6) is -0.324. The first kappa shape index (κ1) is 13.7. The highest BCUT2D eigenvalue weighted by molar-refractivity contribution is 7.80. The molecule has 5 heteroatoms. The van der Waals surface area contributed by atoms with E-state index in [4.69, 9.17) is 18.0 Å². The normalized spacial score (nSPS) is 18.5. The molecular weight excluding hydrogens is 260 g/mol. The summed E-state index contributed by atoms with van der Waals surface area (Å²) in [6, 6.07) is 8.54. The predicted molar refractivity (Wildman–Crippen MR) is 76.2 cm³/mol. The average molecular weight is 276 g/mol. The van der Waals surface area contributed by atoms with Crippen LogP contribution in [0.25, 0.3) is 0 Å². The van der Waals surface area contributed by atoms with Crippen LogP contribution in [0.2, 0.25) is 0 Å². The number of nitrogens with two attached hydrogens (primary N) is 1. The minimum absolute atomic E-state index is 0.0824. The molecule has 1 fully saturated rings. The second-order valence-corrected chi connectivity index (χ2v) is 5.36. The third kappa shape index (κ3) is 2.81. The van der Waals surface area contributed by atoms with Crippen LogP contribution in [-0.2, 0) is 9.59 Å². The van der Waals surface area contributed by atoms with Gasteiger partial charge in [-0.3, -0.25) is 14.5 Å². The number of piperidine rings is 1. The molecule has 1 unspecified atom stereocenters. The van der Waals surface area contributed by atoms with Gasteiger partial charge in [-0.2, -0.15) is 0 Å². The van der Waals surface area contributed by atoms with E-state index in [9.17, 15) is 9.59 Å². The number of hydrogen-bond acceptors (Lipinski definition) is 3. The standard InChI is InChI=1S/C14H16N2O2S/c1-9-7-11(17)16(12(18)8-9)13(14(15)19)10-5-3-2-4-6-10/h2-6,9,13H,7-8H2,1H3,(H2,15,19). The Kier molecular flexibility index (Phi) is 3.95. The molecule has 2 N–H and O–H groups in total. The Hall–Kier alpha value is -1.75. The average Bonchev–Trinajstić information content (AvgIpc) is 2.34. The van der Waals surface area contributed by atoms with E-state index in [1.165, 1.54) is 4.90 Å². The molecule has 1 saturated heterocycles. The molecule has 0 radical (unpaired) electrons. The summed E-state index contributed by atoms with van der Waals surface area (Å²) in [7, 11) is 0. The molecule has 1 aromatic rings. The van der Waals surface area contributed by atoms with Crippen molar-refractivity contribution in [2.45, 2.75) is 25.8 Å². The van der Waals surface area contributed by atoms with Gasteiger partial charge in [-0.1, -0.05) is 49.5 Å². The summed E-state index contributed by atoms with van der Waals surface area (Å²) < 4.78 is 0. The van der Waals surface area contributed by atoms with Crippen LogP contribution in [0.5, 0.6) is 0 Å². The Morgan fingerprint density at radius 2 is 1.79 bits per heavy atom. The minimum atomic E-state index is -0.635. The molecule has 100 valence electrons. The van der Waals surface area contributed by atoms with Gasteiger partial charge in [0, 0.05) is 12.8 Å². The van der Waals surface area contributed by atoms with E-state index in [2.05, 4.69) is 0 Å². The fourth-order valence-corrected chi connectivity index (χ4v) is 2.61. The van der Waals surface area contributed by atoms with Gasteiger partial charge in [0.05, 0.1) is 0 Å². The monoisotopic (exact) mass is 276 g/mol. The zero-order chi connectivity index (χ0) is 14.0. The fraction of sp³-hybridized carbons (Fsp3) is 0.357. The number of hydrogen-bond donors (Lipinski definition) is 1. The molecule has 0 saturated carbocycles. The van der Waals surface area contributed by atoms with E-state index in [0.717, 1.165) is 5.56 Å². The first-order valence-corrected chi connectivity index (χ1v) is 6.60. The Morgan fingerprint density at radius 3 is 2.26 bits per heavy atom. The zero-order valence-corrected chi connectivity index (χ0v) is 11.5. The van der Waals surface area contributed by atoms with E-state index < -0.39 is 6.04 Å². The van der Waals surface area contributed by atoms with Crippen molar-refractivity contribution < 1.29 is 9.59 Å². The van der Waals surface area contributed by atoms with Crippen LogP contribution >= 0.6 is 12.2 Å². The summed E-state index contributed by atoms with van der Waals surface area (Å²) >= 11 is 5.05. The Bertz CT molecular complexity index is 497. The maximum absolute atomic E-state index is 12.1. The highest BCUT2D eigenvalue weighted by atomic mass is 32.1. The van der Waals surface area contributed by atoms with Gasteiger partial charge in [0.15, 0.2) is 0 Å². The molecule has 0 aliphatic carbocycles. The van der Waals surface area contributed by atoms with E-state index in [0.29, 0.717) is 12.8 Å². The topological polar surface area (TPSA) is 63.4 Å². The smallest absolute Gasteiger partial charge is 0.230 e. The molecule has 1 atom stereocenters. The van der Waals surface area contributed by atoms with Crippen molar-refractivity contribution in [2.75, 3.05) is 0 Å². The van der Waals surface area contributed by atoms with Gasteiger partial charge in [-0.15, -0.1) is 0 Å². The molecule has 1 aromatic carbocycles. The van der Waals surface area contributed by atoms with E-state index in [1.54, 1.807) is 0 Å². The first-order chi connectivity index (χ1) is 9.00. The lowest BCUT2D eigenvalue weighted by Crippen LogP contribution is -2.48. The van der Waals surface area contributed by atoms with Crippen LogP contribution in [0.1, 0.15) is 31.4 Å². The molecule has 4 nitrogen and oxygen atoms in total. The molecule has 1 aliphatic rings. The number of amides is 2. The summed E-state index contributed by atoms with van der Waals surface area (Å²) in [5.41, 5.74) is 6.51. The molecule has 0 spiro atoms. The van der Waals surface area contributed by atoms with Crippen LogP contribution in [0.3, 0.4) is 0 Å². The van der Waals surface area contributed by atoms with Crippen LogP contribution in [0.15, 0.2) is 30.3 Å². The largest absolute Gasteiger partial charge is 0.391 e. The molecule has 0 aromatic heterocycles. The predicted octanol–water partition coefficient (Wildman–Crippen LogP) is 1.80. The number of benzene rings is 1. The quantitative estimate of drug-likeness (QED) is 0.675. The molecule has 1 heterocycles. The van der Waals surface area contributed by atoms with Crippen LogP contribution < -0.4 is 5.73 Å². The van der Waals surface area contributed by atoms with Gasteiger partial charge < -0.3 is 5.73 Å². The lowest BCUT2D eigenvalue weighted by molar-refractivity contribution is -0.151. The van der Waals surface area contributed by atoms with Crippen molar-refractivity contribution in [1.82, 2.24) is 4.90 Å². The van der Waals surface area contributed by atoms with E-state index in [1.807, 2.05) is 37.3 Å². The second kappa shape index (κ2) is 5.48. The number of carbonyl (C=O) groups excluding carboxylic acids is 2. The summed E-state index contributed by atoms with van der Waals surface area (Å²) in [4.78, 5) is 25.6. The Labute approximate surface area is 117 Å². The lowest BCUT2D eigenvalue weighted by Gasteiger charge is -2.34. The SMILES string of the molecule is CC1CC(=O)N(C(C(N)=S)c2ccccc2)C(=O)C1. The molecule has 2 amide bonds. The number of likely N-dealkylation sites (tertiary alicyclic amines) is 1. The second-order valence-electron chi connectivity index (χ2n) is 4.89. The van der Waals surface area contributed by atoms with Crippen LogP contribution in [0, 0.1) is 5.92 Å². The van der Waals surface area contributed by atoms with Crippen LogP contribution in [0.4, 0.5) is 0 Å². The maximum Gasteiger partial charge on any atom is 0.230 e.